The molecule has 2 amide bonds. The van der Waals surface area contributed by atoms with Crippen LogP contribution in [0.5, 0.6) is 0 Å². The number of carbonyl (C=O) groups excluding carboxylic acids is 1. The highest BCUT2D eigenvalue weighted by Gasteiger charge is 2.28. The molecule has 2 aromatic heterocycles. The monoisotopic (exact) mass is 398 g/mol. The Kier molecular flexibility index (Phi) is 5.39. The Hall–Kier alpha value is -2.73. The fraction of sp³-hybridized carbons (Fsp3) is 0.333. The van der Waals surface area contributed by atoms with Crippen molar-refractivity contribution < 1.29 is 9.21 Å². The Balaban J connectivity index is 1.45. The SMILES string of the molecule is Cn1nc(CN(Cc2ccco2)C(=O)NCc2ccc(Cl)cc2)cc1C1CC1. The van der Waals surface area contributed by atoms with Crippen LogP contribution >= 0.6 is 11.6 Å². The lowest BCUT2D eigenvalue weighted by molar-refractivity contribution is 0.186. The Morgan fingerprint density at radius 1 is 1.29 bits per heavy atom. The van der Waals surface area contributed by atoms with E-state index in [9.17, 15) is 4.79 Å². The van der Waals surface area contributed by atoms with E-state index in [0.29, 0.717) is 30.6 Å². The first-order valence-corrected chi connectivity index (χ1v) is 9.78. The fourth-order valence-electron chi connectivity index (χ4n) is 3.26. The molecule has 1 aromatic carbocycles. The van der Waals surface area contributed by atoms with Crippen molar-refractivity contribution in [3.05, 3.63) is 76.5 Å². The summed E-state index contributed by atoms with van der Waals surface area (Å²) >= 11 is 5.92. The van der Waals surface area contributed by atoms with E-state index in [-0.39, 0.29) is 6.03 Å². The van der Waals surface area contributed by atoms with E-state index in [1.54, 1.807) is 11.2 Å². The molecule has 2 heterocycles. The number of urea groups is 1. The first-order chi connectivity index (χ1) is 13.6. The van der Waals surface area contributed by atoms with Gasteiger partial charge in [-0.05, 0) is 48.7 Å². The van der Waals surface area contributed by atoms with E-state index in [2.05, 4.69) is 16.5 Å². The average molecular weight is 399 g/mol. The molecule has 0 unspecified atom stereocenters. The molecule has 28 heavy (non-hydrogen) atoms. The van der Waals surface area contributed by atoms with E-state index >= 15 is 0 Å². The van der Waals surface area contributed by atoms with E-state index in [1.165, 1.54) is 18.5 Å². The minimum absolute atomic E-state index is 0.162. The molecule has 0 aliphatic heterocycles. The van der Waals surface area contributed by atoms with Crippen molar-refractivity contribution in [3.8, 4) is 0 Å². The molecule has 0 saturated heterocycles. The second kappa shape index (κ2) is 8.10. The molecule has 1 aliphatic carbocycles. The van der Waals surface area contributed by atoms with E-state index < -0.39 is 0 Å². The van der Waals surface area contributed by atoms with E-state index in [4.69, 9.17) is 16.0 Å². The van der Waals surface area contributed by atoms with Crippen LogP contribution in [-0.4, -0.2) is 20.7 Å². The molecule has 1 N–H and O–H groups in total. The van der Waals surface area contributed by atoms with Gasteiger partial charge in [0.1, 0.15) is 5.76 Å². The van der Waals surface area contributed by atoms with Crippen LogP contribution in [0.15, 0.2) is 53.1 Å². The molecule has 0 bridgehead atoms. The van der Waals surface area contributed by atoms with Crippen LogP contribution in [0.3, 0.4) is 0 Å². The van der Waals surface area contributed by atoms with Gasteiger partial charge >= 0.3 is 6.03 Å². The maximum atomic E-state index is 12.9. The van der Waals surface area contributed by atoms with E-state index in [0.717, 1.165) is 17.0 Å². The number of aryl methyl sites for hydroxylation is 1. The molecule has 1 aliphatic rings. The summed E-state index contributed by atoms with van der Waals surface area (Å²) in [6.07, 6.45) is 4.05. The van der Waals surface area contributed by atoms with Gasteiger partial charge < -0.3 is 14.6 Å². The van der Waals surface area contributed by atoms with Gasteiger partial charge in [0.15, 0.2) is 0 Å². The highest BCUT2D eigenvalue weighted by Crippen LogP contribution is 2.40. The van der Waals surface area contributed by atoms with Crippen molar-refractivity contribution in [1.29, 1.82) is 0 Å². The Morgan fingerprint density at radius 3 is 2.75 bits per heavy atom. The van der Waals surface area contributed by atoms with Crippen molar-refractivity contribution in [2.75, 3.05) is 0 Å². The smallest absolute Gasteiger partial charge is 0.318 e. The quantitative estimate of drug-likeness (QED) is 0.639. The molecule has 6 nitrogen and oxygen atoms in total. The third-order valence-electron chi connectivity index (χ3n) is 4.89. The number of carbonyl (C=O) groups is 1. The molecule has 0 radical (unpaired) electrons. The molecule has 0 spiro atoms. The van der Waals surface area contributed by atoms with Gasteiger partial charge in [0.05, 0.1) is 25.0 Å². The molecular weight excluding hydrogens is 376 g/mol. The number of amides is 2. The zero-order valence-electron chi connectivity index (χ0n) is 15.8. The number of aromatic nitrogens is 2. The average Bonchev–Trinajstić information content (AvgIpc) is 3.27. The van der Waals surface area contributed by atoms with Crippen LogP contribution in [0.25, 0.3) is 0 Å². The lowest BCUT2D eigenvalue weighted by atomic mass is 10.2. The van der Waals surface area contributed by atoms with Crippen LogP contribution < -0.4 is 5.32 Å². The summed E-state index contributed by atoms with van der Waals surface area (Å²) in [5, 5.41) is 8.25. The highest BCUT2D eigenvalue weighted by atomic mass is 35.5. The number of hydrogen-bond donors (Lipinski definition) is 1. The summed E-state index contributed by atoms with van der Waals surface area (Å²) in [7, 11) is 1.97. The van der Waals surface area contributed by atoms with Crippen molar-refractivity contribution in [1.82, 2.24) is 20.0 Å². The summed E-state index contributed by atoms with van der Waals surface area (Å²) < 4.78 is 7.38. The van der Waals surface area contributed by atoms with E-state index in [1.807, 2.05) is 48.1 Å². The topological polar surface area (TPSA) is 63.3 Å². The van der Waals surface area contributed by atoms with Gasteiger partial charge in [-0.25, -0.2) is 4.79 Å². The molecular formula is C21H23ClN4O2. The Bertz CT molecular complexity index is 930. The molecule has 7 heteroatoms. The van der Waals surface area contributed by atoms with Gasteiger partial charge in [-0.2, -0.15) is 5.10 Å². The van der Waals surface area contributed by atoms with Crippen LogP contribution in [0.1, 0.15) is 41.5 Å². The molecule has 4 rings (SSSR count). The summed E-state index contributed by atoms with van der Waals surface area (Å²) in [5.74, 6) is 1.35. The largest absolute Gasteiger partial charge is 0.467 e. The maximum absolute atomic E-state index is 12.9. The summed E-state index contributed by atoms with van der Waals surface area (Å²) in [4.78, 5) is 14.6. The second-order valence-corrected chi connectivity index (χ2v) is 7.62. The summed E-state index contributed by atoms with van der Waals surface area (Å²) in [5.41, 5.74) is 3.12. The lowest BCUT2D eigenvalue weighted by Gasteiger charge is -2.21. The zero-order valence-corrected chi connectivity index (χ0v) is 16.5. The van der Waals surface area contributed by atoms with Crippen molar-refractivity contribution >= 4 is 17.6 Å². The van der Waals surface area contributed by atoms with Crippen molar-refractivity contribution in [3.63, 3.8) is 0 Å². The van der Waals surface area contributed by atoms with Gasteiger partial charge in [-0.15, -0.1) is 0 Å². The first kappa shape index (κ1) is 18.6. The number of benzene rings is 1. The molecule has 1 fully saturated rings. The Labute approximate surface area is 169 Å². The maximum Gasteiger partial charge on any atom is 0.318 e. The van der Waals surface area contributed by atoms with Crippen LogP contribution in [0.4, 0.5) is 4.79 Å². The van der Waals surface area contributed by atoms with Gasteiger partial charge in [0.2, 0.25) is 0 Å². The minimum atomic E-state index is -0.162. The lowest BCUT2D eigenvalue weighted by Crippen LogP contribution is -2.38. The zero-order chi connectivity index (χ0) is 19.5. The van der Waals surface area contributed by atoms with Gasteiger partial charge in [-0.3, -0.25) is 4.68 Å². The number of hydrogen-bond acceptors (Lipinski definition) is 3. The van der Waals surface area contributed by atoms with Crippen molar-refractivity contribution in [2.24, 2.45) is 7.05 Å². The molecule has 3 aromatic rings. The van der Waals surface area contributed by atoms with Crippen LogP contribution in [0.2, 0.25) is 5.02 Å². The minimum Gasteiger partial charge on any atom is -0.467 e. The first-order valence-electron chi connectivity index (χ1n) is 9.41. The molecule has 1 saturated carbocycles. The van der Waals surface area contributed by atoms with Crippen LogP contribution in [-0.2, 0) is 26.7 Å². The van der Waals surface area contributed by atoms with Crippen molar-refractivity contribution in [2.45, 2.75) is 38.4 Å². The van der Waals surface area contributed by atoms with Gasteiger partial charge in [0.25, 0.3) is 0 Å². The third kappa shape index (κ3) is 4.57. The summed E-state index contributed by atoms with van der Waals surface area (Å²) in [6.45, 7) is 1.24. The number of halogens is 1. The number of rotatable bonds is 7. The number of nitrogens with one attached hydrogen (secondary N) is 1. The Morgan fingerprint density at radius 2 is 2.07 bits per heavy atom. The normalized spacial score (nSPS) is 13.5. The third-order valence-corrected chi connectivity index (χ3v) is 5.14. The summed E-state index contributed by atoms with van der Waals surface area (Å²) in [6, 6.07) is 13.1. The number of furan rings is 1. The predicted octanol–water partition coefficient (Wildman–Crippen LogP) is 4.46. The van der Waals surface area contributed by atoms with Crippen LogP contribution in [0, 0.1) is 0 Å². The standard InChI is InChI=1S/C21H23ClN4O2/c1-25-20(16-6-7-16)11-18(24-25)13-26(14-19-3-2-10-28-19)21(27)23-12-15-4-8-17(22)9-5-15/h2-5,8-11,16H,6-7,12-14H2,1H3,(H,23,27). The second-order valence-electron chi connectivity index (χ2n) is 7.18. The molecule has 0 atom stereocenters. The fourth-order valence-corrected chi connectivity index (χ4v) is 3.39. The highest BCUT2D eigenvalue weighted by molar-refractivity contribution is 6.30. The van der Waals surface area contributed by atoms with Gasteiger partial charge in [0, 0.05) is 30.2 Å². The van der Waals surface area contributed by atoms with Gasteiger partial charge in [-0.1, -0.05) is 23.7 Å². The number of nitrogens with zero attached hydrogens (tertiary/aromatic N) is 3. The molecule has 146 valence electrons. The predicted molar refractivity (Wildman–Crippen MR) is 107 cm³/mol.